The fourth-order valence-corrected chi connectivity index (χ4v) is 3.63. The molecular formula is C13H20BrClS. The highest BCUT2D eigenvalue weighted by Crippen LogP contribution is 2.36. The van der Waals surface area contributed by atoms with Crippen LogP contribution in [0.15, 0.2) is 10.5 Å². The average Bonchev–Trinajstić information content (AvgIpc) is 2.59. The standard InChI is InChI=1S/C13H20BrClS/c1-3-4-5-6-7-8-12(15)13-9-11(14)10(2)16-13/h9,12H,3-8H2,1-2H3. The van der Waals surface area contributed by atoms with E-state index in [1.165, 1.54) is 46.3 Å². The monoisotopic (exact) mass is 322 g/mol. The van der Waals surface area contributed by atoms with Crippen LogP contribution in [0.4, 0.5) is 0 Å². The molecule has 0 aliphatic heterocycles. The van der Waals surface area contributed by atoms with Crippen molar-refractivity contribution in [3.05, 3.63) is 20.3 Å². The van der Waals surface area contributed by atoms with Gasteiger partial charge in [0.25, 0.3) is 0 Å². The van der Waals surface area contributed by atoms with Gasteiger partial charge in [-0.2, -0.15) is 0 Å². The predicted molar refractivity (Wildman–Crippen MR) is 78.7 cm³/mol. The maximum atomic E-state index is 6.39. The molecule has 92 valence electrons. The van der Waals surface area contributed by atoms with Gasteiger partial charge in [-0.15, -0.1) is 22.9 Å². The Balaban J connectivity index is 2.27. The number of halogens is 2. The summed E-state index contributed by atoms with van der Waals surface area (Å²) in [4.78, 5) is 2.63. The van der Waals surface area contributed by atoms with Gasteiger partial charge in [-0.25, -0.2) is 0 Å². The molecule has 0 amide bonds. The Bertz CT molecular complexity index is 289. The summed E-state index contributed by atoms with van der Waals surface area (Å²) in [6.07, 6.45) is 7.70. The summed E-state index contributed by atoms with van der Waals surface area (Å²) in [5.74, 6) is 0. The number of unbranched alkanes of at least 4 members (excludes halogenated alkanes) is 4. The van der Waals surface area contributed by atoms with Gasteiger partial charge >= 0.3 is 0 Å². The number of aryl methyl sites for hydroxylation is 1. The van der Waals surface area contributed by atoms with Crippen molar-refractivity contribution in [1.82, 2.24) is 0 Å². The molecule has 1 rings (SSSR count). The highest BCUT2D eigenvalue weighted by molar-refractivity contribution is 9.10. The molecule has 0 spiro atoms. The van der Waals surface area contributed by atoms with Crippen LogP contribution in [0, 0.1) is 6.92 Å². The van der Waals surface area contributed by atoms with E-state index in [2.05, 4.69) is 35.8 Å². The van der Waals surface area contributed by atoms with Gasteiger partial charge in [0.05, 0.1) is 5.38 Å². The molecule has 1 unspecified atom stereocenters. The van der Waals surface area contributed by atoms with E-state index in [9.17, 15) is 0 Å². The van der Waals surface area contributed by atoms with Crippen molar-refractivity contribution in [2.75, 3.05) is 0 Å². The van der Waals surface area contributed by atoms with Crippen molar-refractivity contribution in [2.24, 2.45) is 0 Å². The van der Waals surface area contributed by atoms with Crippen molar-refractivity contribution in [3.63, 3.8) is 0 Å². The fourth-order valence-electron chi connectivity index (χ4n) is 1.71. The quantitative estimate of drug-likeness (QED) is 0.399. The molecule has 16 heavy (non-hydrogen) atoms. The van der Waals surface area contributed by atoms with Crippen LogP contribution in [0.5, 0.6) is 0 Å². The minimum Gasteiger partial charge on any atom is -0.143 e. The van der Waals surface area contributed by atoms with Gasteiger partial charge in [-0.3, -0.25) is 0 Å². The van der Waals surface area contributed by atoms with Crippen LogP contribution in [0.2, 0.25) is 0 Å². The summed E-state index contributed by atoms with van der Waals surface area (Å²) >= 11 is 11.7. The predicted octanol–water partition coefficient (Wildman–Crippen LogP) is 6.46. The van der Waals surface area contributed by atoms with E-state index < -0.39 is 0 Å². The molecule has 0 N–H and O–H groups in total. The number of thiophene rings is 1. The van der Waals surface area contributed by atoms with Gasteiger partial charge in [0.15, 0.2) is 0 Å². The first-order valence-corrected chi connectivity index (χ1v) is 8.09. The van der Waals surface area contributed by atoms with Crippen LogP contribution in [0.1, 0.15) is 60.6 Å². The fraction of sp³-hybridized carbons (Fsp3) is 0.692. The number of alkyl halides is 1. The third-order valence-corrected chi connectivity index (χ3v) is 5.58. The van der Waals surface area contributed by atoms with Crippen molar-refractivity contribution in [2.45, 2.75) is 57.7 Å². The topological polar surface area (TPSA) is 0 Å². The molecule has 0 aliphatic carbocycles. The largest absolute Gasteiger partial charge is 0.143 e. The molecule has 0 bridgehead atoms. The van der Waals surface area contributed by atoms with Gasteiger partial charge in [0.1, 0.15) is 0 Å². The Labute approximate surface area is 117 Å². The lowest BCUT2D eigenvalue weighted by Crippen LogP contribution is -1.87. The Morgan fingerprint density at radius 3 is 2.56 bits per heavy atom. The summed E-state index contributed by atoms with van der Waals surface area (Å²) in [5.41, 5.74) is 0. The third-order valence-electron chi connectivity index (χ3n) is 2.75. The minimum absolute atomic E-state index is 0.205. The second kappa shape index (κ2) is 7.73. The van der Waals surface area contributed by atoms with Gasteiger partial charge in [0.2, 0.25) is 0 Å². The van der Waals surface area contributed by atoms with Crippen LogP contribution < -0.4 is 0 Å². The molecule has 0 aromatic carbocycles. The zero-order chi connectivity index (χ0) is 12.0. The molecule has 0 fully saturated rings. The first-order valence-electron chi connectivity index (χ1n) is 6.05. The first kappa shape index (κ1) is 14.5. The normalized spacial score (nSPS) is 13.0. The molecule has 0 nitrogen and oxygen atoms in total. The number of hydrogen-bond donors (Lipinski definition) is 0. The van der Waals surface area contributed by atoms with E-state index >= 15 is 0 Å². The van der Waals surface area contributed by atoms with Gasteiger partial charge in [0, 0.05) is 14.2 Å². The van der Waals surface area contributed by atoms with Crippen LogP contribution >= 0.6 is 38.9 Å². The molecule has 0 aliphatic rings. The Hall–Kier alpha value is 0.470. The zero-order valence-corrected chi connectivity index (χ0v) is 13.2. The van der Waals surface area contributed by atoms with Crippen molar-refractivity contribution in [3.8, 4) is 0 Å². The molecule has 1 atom stereocenters. The van der Waals surface area contributed by atoms with E-state index in [1.54, 1.807) is 0 Å². The summed E-state index contributed by atoms with van der Waals surface area (Å²) in [6.45, 7) is 4.37. The van der Waals surface area contributed by atoms with Crippen molar-refractivity contribution in [1.29, 1.82) is 0 Å². The summed E-state index contributed by atoms with van der Waals surface area (Å²) in [7, 11) is 0. The van der Waals surface area contributed by atoms with Crippen molar-refractivity contribution < 1.29 is 0 Å². The number of rotatable bonds is 7. The van der Waals surface area contributed by atoms with Crippen LogP contribution in [0.25, 0.3) is 0 Å². The van der Waals surface area contributed by atoms with Crippen LogP contribution in [-0.4, -0.2) is 0 Å². The summed E-state index contributed by atoms with van der Waals surface area (Å²) < 4.78 is 1.20. The Morgan fingerprint density at radius 1 is 1.31 bits per heavy atom. The van der Waals surface area contributed by atoms with E-state index in [4.69, 9.17) is 11.6 Å². The molecule has 1 heterocycles. The molecular weight excluding hydrogens is 304 g/mol. The van der Waals surface area contributed by atoms with Gasteiger partial charge < -0.3 is 0 Å². The van der Waals surface area contributed by atoms with Crippen LogP contribution in [-0.2, 0) is 0 Å². The van der Waals surface area contributed by atoms with E-state index in [0.29, 0.717) is 0 Å². The number of hydrogen-bond acceptors (Lipinski definition) is 1. The molecule has 0 radical (unpaired) electrons. The van der Waals surface area contributed by atoms with E-state index in [0.717, 1.165) is 6.42 Å². The summed E-state index contributed by atoms with van der Waals surface area (Å²) in [5, 5.41) is 0.205. The minimum atomic E-state index is 0.205. The maximum absolute atomic E-state index is 6.39. The molecule has 1 aromatic heterocycles. The van der Waals surface area contributed by atoms with E-state index in [1.807, 2.05) is 11.3 Å². The maximum Gasteiger partial charge on any atom is 0.0679 e. The highest BCUT2D eigenvalue weighted by atomic mass is 79.9. The zero-order valence-electron chi connectivity index (χ0n) is 10.1. The Morgan fingerprint density at radius 2 is 2.00 bits per heavy atom. The molecule has 1 aromatic rings. The Kier molecular flexibility index (Phi) is 7.02. The van der Waals surface area contributed by atoms with Crippen LogP contribution in [0.3, 0.4) is 0 Å². The molecule has 0 saturated carbocycles. The van der Waals surface area contributed by atoms with Crippen molar-refractivity contribution >= 4 is 38.9 Å². The SMILES string of the molecule is CCCCCCCC(Cl)c1cc(Br)c(C)s1. The van der Waals surface area contributed by atoms with Gasteiger partial charge in [-0.1, -0.05) is 39.0 Å². The average molecular weight is 324 g/mol. The highest BCUT2D eigenvalue weighted by Gasteiger charge is 2.11. The summed E-state index contributed by atoms with van der Waals surface area (Å²) in [6, 6.07) is 2.17. The second-order valence-electron chi connectivity index (χ2n) is 4.22. The molecule has 3 heteroatoms. The van der Waals surface area contributed by atoms with Gasteiger partial charge in [-0.05, 0) is 35.3 Å². The lowest BCUT2D eigenvalue weighted by Gasteiger charge is -2.06. The second-order valence-corrected chi connectivity index (χ2v) is 6.89. The smallest absolute Gasteiger partial charge is 0.0679 e. The molecule has 0 saturated heterocycles. The first-order chi connectivity index (χ1) is 7.65. The lowest BCUT2D eigenvalue weighted by atomic mass is 10.1. The third kappa shape index (κ3) is 4.77. The lowest BCUT2D eigenvalue weighted by molar-refractivity contribution is 0.603. The van der Waals surface area contributed by atoms with E-state index in [-0.39, 0.29) is 5.38 Å².